The zero-order valence-corrected chi connectivity index (χ0v) is 14.3. The van der Waals surface area contributed by atoms with E-state index in [1.165, 1.54) is 0 Å². The van der Waals surface area contributed by atoms with Gasteiger partial charge in [0, 0.05) is 18.8 Å². The van der Waals surface area contributed by atoms with Gasteiger partial charge in [0.2, 0.25) is 0 Å². The van der Waals surface area contributed by atoms with Crippen molar-refractivity contribution in [2.75, 3.05) is 20.8 Å². The van der Waals surface area contributed by atoms with Crippen LogP contribution in [0.3, 0.4) is 0 Å². The van der Waals surface area contributed by atoms with Crippen molar-refractivity contribution >= 4 is 15.9 Å². The molecule has 0 fully saturated rings. The minimum atomic E-state index is -0.0339. The number of nitrogens with one attached hydrogen (secondary N) is 1. The van der Waals surface area contributed by atoms with Crippen molar-refractivity contribution in [1.29, 1.82) is 0 Å². The maximum absolute atomic E-state index is 5.57. The molecule has 0 radical (unpaired) electrons. The average Bonchev–Trinajstić information content (AvgIpc) is 2.91. The molecule has 1 unspecified atom stereocenters. The third-order valence-corrected chi connectivity index (χ3v) is 4.02. The molecule has 0 aliphatic heterocycles. The fourth-order valence-electron chi connectivity index (χ4n) is 2.31. The Morgan fingerprint density at radius 3 is 2.57 bits per heavy atom. The Bertz CT molecular complexity index is 613. The first-order valence-electron chi connectivity index (χ1n) is 6.75. The van der Waals surface area contributed by atoms with Gasteiger partial charge in [-0.15, -0.1) is 0 Å². The number of hydrogen-bond acceptors (Lipinski definition) is 4. The number of aryl methyl sites for hydroxylation is 1. The molecule has 1 heterocycles. The van der Waals surface area contributed by atoms with Crippen LogP contribution in [0.4, 0.5) is 0 Å². The van der Waals surface area contributed by atoms with Crippen LogP contribution in [0.5, 0.6) is 11.5 Å². The van der Waals surface area contributed by atoms with E-state index in [-0.39, 0.29) is 6.04 Å². The zero-order valence-electron chi connectivity index (χ0n) is 12.7. The molecule has 0 amide bonds. The van der Waals surface area contributed by atoms with Gasteiger partial charge >= 0.3 is 0 Å². The van der Waals surface area contributed by atoms with Gasteiger partial charge in [0.1, 0.15) is 16.0 Å². The van der Waals surface area contributed by atoms with Crippen molar-refractivity contribution in [2.45, 2.75) is 13.0 Å². The molecule has 0 aliphatic carbocycles. The van der Waals surface area contributed by atoms with E-state index in [0.717, 1.165) is 33.8 Å². The van der Waals surface area contributed by atoms with Crippen molar-refractivity contribution in [1.82, 2.24) is 15.1 Å². The summed E-state index contributed by atoms with van der Waals surface area (Å²) in [6, 6.07) is 5.90. The van der Waals surface area contributed by atoms with Gasteiger partial charge in [0.25, 0.3) is 0 Å². The highest BCUT2D eigenvalue weighted by atomic mass is 79.9. The molecule has 1 N–H and O–H groups in total. The lowest BCUT2D eigenvalue weighted by molar-refractivity contribution is 0.382. The first kappa shape index (κ1) is 15.9. The molecule has 0 aliphatic rings. The van der Waals surface area contributed by atoms with E-state index in [0.29, 0.717) is 0 Å². The highest BCUT2D eigenvalue weighted by Crippen LogP contribution is 2.40. The SMILES string of the molecule is CCNC(c1ccn(C)n1)c1ccc(OC)c(Br)c1OC. The van der Waals surface area contributed by atoms with Gasteiger partial charge in [0.15, 0.2) is 0 Å². The first-order valence-corrected chi connectivity index (χ1v) is 7.55. The van der Waals surface area contributed by atoms with Gasteiger partial charge in [-0.1, -0.05) is 6.92 Å². The molecule has 114 valence electrons. The van der Waals surface area contributed by atoms with E-state index < -0.39 is 0 Å². The van der Waals surface area contributed by atoms with Gasteiger partial charge in [-0.2, -0.15) is 5.10 Å². The van der Waals surface area contributed by atoms with E-state index in [2.05, 4.69) is 33.3 Å². The summed E-state index contributed by atoms with van der Waals surface area (Å²) >= 11 is 3.55. The molecule has 2 aromatic rings. The predicted octanol–water partition coefficient (Wildman–Crippen LogP) is 2.90. The summed E-state index contributed by atoms with van der Waals surface area (Å²) in [7, 11) is 5.21. The maximum Gasteiger partial charge on any atom is 0.141 e. The van der Waals surface area contributed by atoms with Crippen LogP contribution >= 0.6 is 15.9 Å². The summed E-state index contributed by atoms with van der Waals surface area (Å²) in [5.41, 5.74) is 1.97. The van der Waals surface area contributed by atoms with Crippen LogP contribution in [0.1, 0.15) is 24.2 Å². The van der Waals surface area contributed by atoms with Crippen LogP contribution in [0.15, 0.2) is 28.9 Å². The zero-order chi connectivity index (χ0) is 15.4. The quantitative estimate of drug-likeness (QED) is 0.867. The van der Waals surface area contributed by atoms with Crippen LogP contribution in [0.2, 0.25) is 0 Å². The molecule has 0 saturated heterocycles. The summed E-state index contributed by atoms with van der Waals surface area (Å²) in [4.78, 5) is 0. The minimum Gasteiger partial charge on any atom is -0.495 e. The Labute approximate surface area is 133 Å². The molecule has 1 aromatic heterocycles. The summed E-state index contributed by atoms with van der Waals surface area (Å²) in [5, 5.41) is 7.96. The lowest BCUT2D eigenvalue weighted by Crippen LogP contribution is -2.23. The Morgan fingerprint density at radius 1 is 1.29 bits per heavy atom. The molecule has 6 heteroatoms. The second kappa shape index (κ2) is 6.95. The molecule has 1 atom stereocenters. The van der Waals surface area contributed by atoms with Gasteiger partial charge in [-0.05, 0) is 40.7 Å². The van der Waals surface area contributed by atoms with Gasteiger partial charge in [-0.25, -0.2) is 0 Å². The molecule has 21 heavy (non-hydrogen) atoms. The third kappa shape index (κ3) is 3.22. The second-order valence-electron chi connectivity index (χ2n) is 4.61. The summed E-state index contributed by atoms with van der Waals surface area (Å²) in [6.07, 6.45) is 1.94. The highest BCUT2D eigenvalue weighted by molar-refractivity contribution is 9.10. The van der Waals surface area contributed by atoms with Crippen molar-refractivity contribution in [3.05, 3.63) is 40.1 Å². The van der Waals surface area contributed by atoms with Gasteiger partial charge in [0.05, 0.1) is 26.0 Å². The second-order valence-corrected chi connectivity index (χ2v) is 5.40. The average molecular weight is 354 g/mol. The molecule has 2 rings (SSSR count). The topological polar surface area (TPSA) is 48.3 Å². The van der Waals surface area contributed by atoms with E-state index in [1.54, 1.807) is 18.9 Å². The van der Waals surface area contributed by atoms with E-state index in [1.807, 2.05) is 31.4 Å². The number of methoxy groups -OCH3 is 2. The molecule has 0 spiro atoms. The Kier molecular flexibility index (Phi) is 5.25. The lowest BCUT2D eigenvalue weighted by atomic mass is 10.0. The van der Waals surface area contributed by atoms with Crippen LogP contribution in [0.25, 0.3) is 0 Å². The number of hydrogen-bond donors (Lipinski definition) is 1. The van der Waals surface area contributed by atoms with Crippen molar-refractivity contribution in [3.63, 3.8) is 0 Å². The number of ether oxygens (including phenoxy) is 2. The molecule has 0 saturated carbocycles. The smallest absolute Gasteiger partial charge is 0.141 e. The van der Waals surface area contributed by atoms with E-state index >= 15 is 0 Å². The first-order chi connectivity index (χ1) is 10.1. The van der Waals surface area contributed by atoms with Crippen LogP contribution in [-0.2, 0) is 7.05 Å². The third-order valence-electron chi connectivity index (χ3n) is 3.27. The van der Waals surface area contributed by atoms with Gasteiger partial charge < -0.3 is 14.8 Å². The van der Waals surface area contributed by atoms with Crippen LogP contribution < -0.4 is 14.8 Å². The van der Waals surface area contributed by atoms with Crippen molar-refractivity contribution in [3.8, 4) is 11.5 Å². The number of nitrogens with zero attached hydrogens (tertiary/aromatic N) is 2. The number of rotatable bonds is 6. The summed E-state index contributed by atoms with van der Waals surface area (Å²) < 4.78 is 13.5. The Balaban J connectivity index is 2.52. The van der Waals surface area contributed by atoms with Crippen LogP contribution in [0, 0.1) is 0 Å². The molecular formula is C15H20BrN3O2. The normalized spacial score (nSPS) is 12.2. The number of benzene rings is 1. The van der Waals surface area contributed by atoms with E-state index in [9.17, 15) is 0 Å². The Hall–Kier alpha value is -1.53. The molecule has 1 aromatic carbocycles. The highest BCUT2D eigenvalue weighted by Gasteiger charge is 2.23. The summed E-state index contributed by atoms with van der Waals surface area (Å²) in [5.74, 6) is 1.50. The lowest BCUT2D eigenvalue weighted by Gasteiger charge is -2.21. The minimum absolute atomic E-state index is 0.0339. The predicted molar refractivity (Wildman–Crippen MR) is 86.0 cm³/mol. The fourth-order valence-corrected chi connectivity index (χ4v) is 3.00. The fraction of sp³-hybridized carbons (Fsp3) is 0.400. The summed E-state index contributed by atoms with van der Waals surface area (Å²) in [6.45, 7) is 2.90. The van der Waals surface area contributed by atoms with Gasteiger partial charge in [-0.3, -0.25) is 4.68 Å². The monoisotopic (exact) mass is 353 g/mol. The largest absolute Gasteiger partial charge is 0.495 e. The van der Waals surface area contributed by atoms with E-state index in [4.69, 9.17) is 9.47 Å². The maximum atomic E-state index is 5.57. The Morgan fingerprint density at radius 2 is 2.05 bits per heavy atom. The number of halogens is 1. The standard InChI is InChI=1S/C15H20BrN3O2/c1-5-17-14(11-8-9-19(2)18-11)10-6-7-12(20-3)13(16)15(10)21-4/h6-9,14,17H,5H2,1-4H3. The van der Waals surface area contributed by atoms with Crippen molar-refractivity contribution < 1.29 is 9.47 Å². The molecular weight excluding hydrogens is 334 g/mol. The molecule has 0 bridgehead atoms. The molecule has 5 nitrogen and oxygen atoms in total. The number of aromatic nitrogens is 2. The van der Waals surface area contributed by atoms with Crippen molar-refractivity contribution in [2.24, 2.45) is 7.05 Å². The van der Waals surface area contributed by atoms with Crippen LogP contribution in [-0.4, -0.2) is 30.5 Å².